The Morgan fingerprint density at radius 3 is 2.93 bits per heavy atom. The van der Waals surface area contributed by atoms with Crippen molar-refractivity contribution in [2.45, 2.75) is 38.1 Å². The number of carbonyl (C=O) groups excluding carboxylic acids is 1. The molecule has 3 nitrogen and oxygen atoms in total. The van der Waals surface area contributed by atoms with Gasteiger partial charge in [-0.2, -0.15) is 0 Å². The molecule has 1 unspecified atom stereocenters. The summed E-state index contributed by atoms with van der Waals surface area (Å²) in [4.78, 5) is 11.3. The number of hydrogen-bond donors (Lipinski definition) is 1. The fraction of sp³-hybridized carbons (Fsp3) is 0.545. The maximum Gasteiger partial charge on any atom is 0.220 e. The minimum atomic E-state index is -0.0997. The van der Waals surface area contributed by atoms with Gasteiger partial charge < -0.3 is 9.73 Å². The fourth-order valence-electron chi connectivity index (χ4n) is 2.05. The van der Waals surface area contributed by atoms with E-state index < -0.39 is 0 Å². The van der Waals surface area contributed by atoms with Crippen LogP contribution in [-0.2, 0) is 11.2 Å². The normalized spacial score (nSPS) is 25.6. The van der Waals surface area contributed by atoms with E-state index in [-0.39, 0.29) is 11.4 Å². The van der Waals surface area contributed by atoms with Gasteiger partial charge in [0.05, 0.1) is 10.7 Å². The molecule has 82 valence electrons. The number of furan rings is 1. The average Bonchev–Trinajstić information content (AvgIpc) is 2.76. The van der Waals surface area contributed by atoms with Crippen molar-refractivity contribution in [1.82, 2.24) is 5.32 Å². The third kappa shape index (κ3) is 2.09. The van der Waals surface area contributed by atoms with E-state index in [1.165, 1.54) is 0 Å². The number of halogens is 1. The van der Waals surface area contributed by atoms with Crippen molar-refractivity contribution in [3.05, 3.63) is 22.6 Å². The molecule has 0 radical (unpaired) electrons. The first kappa shape index (κ1) is 10.7. The first-order chi connectivity index (χ1) is 7.15. The quantitative estimate of drug-likeness (QED) is 0.919. The summed E-state index contributed by atoms with van der Waals surface area (Å²) in [6.07, 6.45) is 4.90. The first-order valence-corrected chi connectivity index (χ1v) is 5.97. The van der Waals surface area contributed by atoms with Crippen LogP contribution in [0.2, 0.25) is 0 Å². The molecule has 0 aliphatic carbocycles. The van der Waals surface area contributed by atoms with Gasteiger partial charge in [0.15, 0.2) is 0 Å². The van der Waals surface area contributed by atoms with Crippen molar-refractivity contribution in [3.8, 4) is 0 Å². The van der Waals surface area contributed by atoms with Gasteiger partial charge in [-0.1, -0.05) is 6.92 Å². The molecule has 1 N–H and O–H groups in total. The van der Waals surface area contributed by atoms with Crippen LogP contribution in [-0.4, -0.2) is 11.4 Å². The second-order valence-corrected chi connectivity index (χ2v) is 4.90. The molecule has 1 aliphatic rings. The molecule has 2 heterocycles. The molecule has 1 saturated heterocycles. The Kier molecular flexibility index (Phi) is 2.87. The van der Waals surface area contributed by atoms with Crippen molar-refractivity contribution in [2.24, 2.45) is 0 Å². The molecule has 1 fully saturated rings. The molecule has 15 heavy (non-hydrogen) atoms. The van der Waals surface area contributed by atoms with Gasteiger partial charge in [-0.25, -0.2) is 0 Å². The van der Waals surface area contributed by atoms with Crippen LogP contribution >= 0.6 is 15.9 Å². The van der Waals surface area contributed by atoms with Crippen LogP contribution in [0.15, 0.2) is 21.2 Å². The van der Waals surface area contributed by atoms with Gasteiger partial charge in [0.2, 0.25) is 5.91 Å². The third-order valence-electron chi connectivity index (χ3n) is 3.10. The standard InChI is InChI=1S/C11H14BrNO2/c1-2-11(5-3-10(14)13-11)7-9-8(12)4-6-15-9/h4,6H,2-3,5,7H2,1H3,(H,13,14). The Labute approximate surface area is 97.4 Å². The average molecular weight is 272 g/mol. The molecular formula is C11H14BrNO2. The molecule has 1 aromatic heterocycles. The topological polar surface area (TPSA) is 42.2 Å². The highest BCUT2D eigenvalue weighted by Crippen LogP contribution is 2.30. The molecule has 0 spiro atoms. The third-order valence-corrected chi connectivity index (χ3v) is 3.81. The van der Waals surface area contributed by atoms with E-state index in [2.05, 4.69) is 28.2 Å². The van der Waals surface area contributed by atoms with Crippen molar-refractivity contribution in [3.63, 3.8) is 0 Å². The van der Waals surface area contributed by atoms with E-state index in [0.717, 1.165) is 29.5 Å². The Morgan fingerprint density at radius 1 is 1.67 bits per heavy atom. The summed E-state index contributed by atoms with van der Waals surface area (Å²) in [5.74, 6) is 1.07. The molecule has 1 atom stereocenters. The lowest BCUT2D eigenvalue weighted by molar-refractivity contribution is -0.119. The van der Waals surface area contributed by atoms with Crippen LogP contribution < -0.4 is 5.32 Å². The molecule has 0 bridgehead atoms. The van der Waals surface area contributed by atoms with Crippen molar-refractivity contribution < 1.29 is 9.21 Å². The summed E-state index contributed by atoms with van der Waals surface area (Å²) in [7, 11) is 0. The molecule has 0 saturated carbocycles. The monoisotopic (exact) mass is 271 g/mol. The zero-order valence-corrected chi connectivity index (χ0v) is 10.3. The Bertz CT molecular complexity index is 374. The van der Waals surface area contributed by atoms with E-state index >= 15 is 0 Å². The van der Waals surface area contributed by atoms with E-state index in [1.807, 2.05) is 6.07 Å². The van der Waals surface area contributed by atoms with Gasteiger partial charge in [-0.05, 0) is 34.8 Å². The summed E-state index contributed by atoms with van der Waals surface area (Å²) in [5.41, 5.74) is -0.0997. The maximum absolute atomic E-state index is 11.3. The lowest BCUT2D eigenvalue weighted by atomic mass is 9.89. The Hall–Kier alpha value is -0.770. The number of hydrogen-bond acceptors (Lipinski definition) is 2. The number of nitrogens with one attached hydrogen (secondary N) is 1. The summed E-state index contributed by atoms with van der Waals surface area (Å²) < 4.78 is 6.37. The number of rotatable bonds is 3. The summed E-state index contributed by atoms with van der Waals surface area (Å²) in [6, 6.07) is 1.88. The molecule has 4 heteroatoms. The molecule has 1 aromatic rings. The first-order valence-electron chi connectivity index (χ1n) is 5.18. The second kappa shape index (κ2) is 4.00. The zero-order chi connectivity index (χ0) is 10.9. The second-order valence-electron chi connectivity index (χ2n) is 4.05. The smallest absolute Gasteiger partial charge is 0.220 e. The van der Waals surface area contributed by atoms with Gasteiger partial charge in [0.25, 0.3) is 0 Å². The molecule has 2 rings (SSSR count). The van der Waals surface area contributed by atoms with Crippen LogP contribution in [0.25, 0.3) is 0 Å². The van der Waals surface area contributed by atoms with E-state index in [4.69, 9.17) is 4.42 Å². The number of amides is 1. The SMILES string of the molecule is CCC1(Cc2occc2Br)CCC(=O)N1. The van der Waals surface area contributed by atoms with Gasteiger partial charge in [-0.3, -0.25) is 4.79 Å². The summed E-state index contributed by atoms with van der Waals surface area (Å²) in [5, 5.41) is 3.06. The van der Waals surface area contributed by atoms with Crippen molar-refractivity contribution in [1.29, 1.82) is 0 Å². The van der Waals surface area contributed by atoms with Crippen molar-refractivity contribution in [2.75, 3.05) is 0 Å². The van der Waals surface area contributed by atoms with E-state index in [0.29, 0.717) is 6.42 Å². The maximum atomic E-state index is 11.3. The molecular weight excluding hydrogens is 258 g/mol. The largest absolute Gasteiger partial charge is 0.468 e. The Balaban J connectivity index is 2.15. The van der Waals surface area contributed by atoms with Crippen molar-refractivity contribution >= 4 is 21.8 Å². The van der Waals surface area contributed by atoms with Crippen LogP contribution in [0.5, 0.6) is 0 Å². The van der Waals surface area contributed by atoms with E-state index in [1.54, 1.807) is 6.26 Å². The van der Waals surface area contributed by atoms with Crippen LogP contribution in [0, 0.1) is 0 Å². The summed E-state index contributed by atoms with van der Waals surface area (Å²) in [6.45, 7) is 2.10. The number of carbonyl (C=O) groups is 1. The minimum absolute atomic E-state index is 0.0997. The molecule has 0 aromatic carbocycles. The molecule has 1 aliphatic heterocycles. The lowest BCUT2D eigenvalue weighted by Gasteiger charge is -2.26. The highest BCUT2D eigenvalue weighted by atomic mass is 79.9. The highest BCUT2D eigenvalue weighted by Gasteiger charge is 2.37. The highest BCUT2D eigenvalue weighted by molar-refractivity contribution is 9.10. The van der Waals surface area contributed by atoms with Gasteiger partial charge in [0.1, 0.15) is 5.76 Å². The van der Waals surface area contributed by atoms with Crippen LogP contribution in [0.3, 0.4) is 0 Å². The Morgan fingerprint density at radius 2 is 2.47 bits per heavy atom. The van der Waals surface area contributed by atoms with Crippen LogP contribution in [0.4, 0.5) is 0 Å². The van der Waals surface area contributed by atoms with Gasteiger partial charge in [-0.15, -0.1) is 0 Å². The zero-order valence-electron chi connectivity index (χ0n) is 8.68. The fourth-order valence-corrected chi connectivity index (χ4v) is 2.40. The van der Waals surface area contributed by atoms with E-state index in [9.17, 15) is 4.79 Å². The van der Waals surface area contributed by atoms with Gasteiger partial charge in [0, 0.05) is 18.4 Å². The lowest BCUT2D eigenvalue weighted by Crippen LogP contribution is -2.42. The van der Waals surface area contributed by atoms with Gasteiger partial charge >= 0.3 is 0 Å². The minimum Gasteiger partial charge on any atom is -0.468 e. The predicted molar refractivity (Wildman–Crippen MR) is 60.5 cm³/mol. The summed E-state index contributed by atoms with van der Waals surface area (Å²) >= 11 is 3.44. The molecule has 1 amide bonds. The van der Waals surface area contributed by atoms with Crippen LogP contribution in [0.1, 0.15) is 31.9 Å². The predicted octanol–water partition coefficient (Wildman–Crippen LogP) is 2.64.